The molecule has 4 atom stereocenters. The van der Waals surface area contributed by atoms with Crippen molar-refractivity contribution >= 4 is 11.9 Å². The number of carbonyl (C=O) groups excluding carboxylic acids is 2. The van der Waals surface area contributed by atoms with Gasteiger partial charge in [0.15, 0.2) is 6.23 Å². The molecule has 8 nitrogen and oxygen atoms in total. The summed E-state index contributed by atoms with van der Waals surface area (Å²) in [6, 6.07) is 0. The van der Waals surface area contributed by atoms with Crippen LogP contribution in [0.4, 0.5) is 0 Å². The topological polar surface area (TPSA) is 122 Å². The summed E-state index contributed by atoms with van der Waals surface area (Å²) in [6.07, 6.45) is 14.8. The van der Waals surface area contributed by atoms with Gasteiger partial charge in [-0.05, 0) is 12.8 Å². The van der Waals surface area contributed by atoms with Crippen LogP contribution in [0.1, 0.15) is 90.4 Å². The lowest BCUT2D eigenvalue weighted by Crippen LogP contribution is -2.40. The fraction of sp³-hybridized carbons (Fsp3) is 0.760. The SMILES string of the molecule is CCCCCCCCCCCCCC(=O)OC[C@H]1OC(N2C=CCC(C(N)=O)=C2)[C@H](O)[C@@H]1O. The number of primary amides is 1. The summed E-state index contributed by atoms with van der Waals surface area (Å²) in [5, 5.41) is 20.6. The standard InChI is InChI=1S/C25H42N2O6/c1-2-3-4-5-6-7-8-9-10-11-12-15-21(28)32-18-20-22(29)23(30)25(33-20)27-16-13-14-19(17-27)24(26)31/h13,16-17,20,22-23,25,29-30H,2-12,14-15,18H2,1H3,(H2,26,31)/t20-,22-,23-,25?/m1/s1. The average Bonchev–Trinajstić information content (AvgIpc) is 3.10. The molecule has 2 rings (SSSR count). The molecule has 0 spiro atoms. The lowest BCUT2D eigenvalue weighted by atomic mass is 10.1. The Morgan fingerprint density at radius 3 is 2.24 bits per heavy atom. The molecule has 2 heterocycles. The number of nitrogens with two attached hydrogens (primary N) is 1. The summed E-state index contributed by atoms with van der Waals surface area (Å²) < 4.78 is 11.0. The quantitative estimate of drug-likeness (QED) is 0.236. The van der Waals surface area contributed by atoms with Crippen molar-refractivity contribution in [2.24, 2.45) is 5.73 Å². The second kappa shape index (κ2) is 15.1. The van der Waals surface area contributed by atoms with Crippen molar-refractivity contribution in [2.75, 3.05) is 6.61 Å². The van der Waals surface area contributed by atoms with E-state index in [1.54, 1.807) is 12.3 Å². The monoisotopic (exact) mass is 466 g/mol. The Kier molecular flexibility index (Phi) is 12.5. The minimum Gasteiger partial charge on any atom is -0.463 e. The molecule has 0 aliphatic carbocycles. The minimum atomic E-state index is -1.21. The third-order valence-electron chi connectivity index (χ3n) is 6.26. The van der Waals surface area contributed by atoms with E-state index >= 15 is 0 Å². The molecule has 0 radical (unpaired) electrons. The second-order valence-corrected chi connectivity index (χ2v) is 9.07. The van der Waals surface area contributed by atoms with Crippen LogP contribution in [0.3, 0.4) is 0 Å². The van der Waals surface area contributed by atoms with Crippen molar-refractivity contribution in [1.29, 1.82) is 0 Å². The summed E-state index contributed by atoms with van der Waals surface area (Å²) in [6.45, 7) is 2.10. The largest absolute Gasteiger partial charge is 0.463 e. The predicted molar refractivity (Wildman–Crippen MR) is 126 cm³/mol. The maximum absolute atomic E-state index is 12.0. The van der Waals surface area contributed by atoms with Crippen molar-refractivity contribution in [1.82, 2.24) is 4.90 Å². The van der Waals surface area contributed by atoms with Gasteiger partial charge in [0.25, 0.3) is 0 Å². The summed E-state index contributed by atoms with van der Waals surface area (Å²) in [5.41, 5.74) is 5.70. The fourth-order valence-corrected chi connectivity index (χ4v) is 4.19. The van der Waals surface area contributed by atoms with Crippen LogP contribution in [-0.4, -0.2) is 58.1 Å². The van der Waals surface area contributed by atoms with Crippen LogP contribution in [0.15, 0.2) is 24.0 Å². The Hall–Kier alpha value is -1.90. The van der Waals surface area contributed by atoms with Gasteiger partial charge in [-0.25, -0.2) is 0 Å². The molecule has 2 aliphatic rings. The van der Waals surface area contributed by atoms with Crippen LogP contribution in [-0.2, 0) is 19.1 Å². The molecule has 8 heteroatoms. The average molecular weight is 467 g/mol. The van der Waals surface area contributed by atoms with E-state index in [0.717, 1.165) is 19.3 Å². The molecule has 0 aromatic rings. The minimum absolute atomic E-state index is 0.129. The fourth-order valence-electron chi connectivity index (χ4n) is 4.19. The third-order valence-corrected chi connectivity index (χ3v) is 6.26. The van der Waals surface area contributed by atoms with E-state index in [9.17, 15) is 19.8 Å². The number of unbranched alkanes of at least 4 members (excludes halogenated alkanes) is 10. The van der Waals surface area contributed by atoms with Crippen LogP contribution in [0, 0.1) is 0 Å². The van der Waals surface area contributed by atoms with Crippen molar-refractivity contribution < 1.29 is 29.3 Å². The molecule has 0 saturated carbocycles. The van der Waals surface area contributed by atoms with E-state index in [1.807, 2.05) is 0 Å². The van der Waals surface area contributed by atoms with Gasteiger partial charge in [-0.1, -0.05) is 77.2 Å². The maximum Gasteiger partial charge on any atom is 0.305 e. The number of hydrogen-bond acceptors (Lipinski definition) is 7. The van der Waals surface area contributed by atoms with Crippen molar-refractivity contribution in [3.8, 4) is 0 Å². The smallest absolute Gasteiger partial charge is 0.305 e. The summed E-state index contributed by atoms with van der Waals surface area (Å²) >= 11 is 0. The van der Waals surface area contributed by atoms with Crippen LogP contribution < -0.4 is 5.73 Å². The molecule has 1 amide bonds. The van der Waals surface area contributed by atoms with Crippen molar-refractivity contribution in [3.05, 3.63) is 24.0 Å². The highest BCUT2D eigenvalue weighted by Gasteiger charge is 2.45. The predicted octanol–water partition coefficient (Wildman–Crippen LogP) is 3.27. The molecule has 1 saturated heterocycles. The Labute approximate surface area is 197 Å². The first-order chi connectivity index (χ1) is 15.9. The van der Waals surface area contributed by atoms with Crippen LogP contribution >= 0.6 is 0 Å². The number of aliphatic hydroxyl groups excluding tert-OH is 2. The van der Waals surface area contributed by atoms with Crippen molar-refractivity contribution in [2.45, 2.75) is 115 Å². The van der Waals surface area contributed by atoms with E-state index in [2.05, 4.69) is 6.92 Å². The van der Waals surface area contributed by atoms with Crippen LogP contribution in [0.2, 0.25) is 0 Å². The Morgan fingerprint density at radius 1 is 1.03 bits per heavy atom. The van der Waals surface area contributed by atoms with Gasteiger partial charge in [0.1, 0.15) is 24.9 Å². The zero-order chi connectivity index (χ0) is 24.1. The zero-order valence-electron chi connectivity index (χ0n) is 20.0. The molecular formula is C25H42N2O6. The number of aliphatic hydroxyl groups is 2. The first kappa shape index (κ1) is 27.3. The van der Waals surface area contributed by atoms with E-state index < -0.39 is 30.4 Å². The molecule has 1 unspecified atom stereocenters. The highest BCUT2D eigenvalue weighted by atomic mass is 16.6. The van der Waals surface area contributed by atoms with Gasteiger partial charge >= 0.3 is 5.97 Å². The van der Waals surface area contributed by atoms with Gasteiger partial charge in [0, 0.05) is 24.4 Å². The van der Waals surface area contributed by atoms with E-state index in [0.29, 0.717) is 18.4 Å². The van der Waals surface area contributed by atoms with Crippen LogP contribution in [0.25, 0.3) is 0 Å². The molecule has 1 fully saturated rings. The second-order valence-electron chi connectivity index (χ2n) is 9.07. The molecule has 0 aromatic carbocycles. The number of nitrogens with zero attached hydrogens (tertiary/aromatic N) is 1. The maximum atomic E-state index is 12.0. The van der Waals surface area contributed by atoms with Gasteiger partial charge in [0.2, 0.25) is 5.91 Å². The number of allylic oxidation sites excluding steroid dienone is 1. The first-order valence-corrected chi connectivity index (χ1v) is 12.6. The number of esters is 1. The van der Waals surface area contributed by atoms with E-state index in [1.165, 1.54) is 62.5 Å². The van der Waals surface area contributed by atoms with Crippen LogP contribution in [0.5, 0.6) is 0 Å². The Bertz CT molecular complexity index is 665. The molecule has 0 aromatic heterocycles. The molecule has 33 heavy (non-hydrogen) atoms. The number of amides is 1. The zero-order valence-corrected chi connectivity index (χ0v) is 20.0. The number of hydrogen-bond donors (Lipinski definition) is 3. The van der Waals surface area contributed by atoms with Crippen molar-refractivity contribution in [3.63, 3.8) is 0 Å². The highest BCUT2D eigenvalue weighted by molar-refractivity contribution is 5.92. The molecular weight excluding hydrogens is 424 g/mol. The lowest BCUT2D eigenvalue weighted by Gasteiger charge is -2.28. The third kappa shape index (κ3) is 9.47. The first-order valence-electron chi connectivity index (χ1n) is 12.6. The van der Waals surface area contributed by atoms with Gasteiger partial charge in [0.05, 0.1) is 0 Å². The van der Waals surface area contributed by atoms with Gasteiger partial charge in [-0.2, -0.15) is 0 Å². The van der Waals surface area contributed by atoms with Gasteiger partial charge in [-0.15, -0.1) is 0 Å². The summed E-state index contributed by atoms with van der Waals surface area (Å²) in [4.78, 5) is 25.0. The molecule has 188 valence electrons. The normalized spacial score (nSPS) is 24.7. The Morgan fingerprint density at radius 2 is 1.64 bits per heavy atom. The van der Waals surface area contributed by atoms with E-state index in [-0.39, 0.29) is 12.6 Å². The van der Waals surface area contributed by atoms with E-state index in [4.69, 9.17) is 15.2 Å². The molecule has 0 bridgehead atoms. The highest BCUT2D eigenvalue weighted by Crippen LogP contribution is 2.27. The Balaban J connectivity index is 1.58. The summed E-state index contributed by atoms with van der Waals surface area (Å²) in [5.74, 6) is -0.876. The number of ether oxygens (including phenoxy) is 2. The number of carbonyl (C=O) groups is 2. The lowest BCUT2D eigenvalue weighted by molar-refractivity contribution is -0.150. The number of rotatable bonds is 16. The van der Waals surface area contributed by atoms with Gasteiger partial charge in [-0.3, -0.25) is 9.59 Å². The summed E-state index contributed by atoms with van der Waals surface area (Å²) in [7, 11) is 0. The molecule has 4 N–H and O–H groups in total. The molecule has 2 aliphatic heterocycles. The van der Waals surface area contributed by atoms with Gasteiger partial charge < -0.3 is 30.3 Å².